The second kappa shape index (κ2) is 15.6. The highest BCUT2D eigenvalue weighted by Crippen LogP contribution is 2.28. The Morgan fingerprint density at radius 1 is 1.13 bits per heavy atom. The molecule has 0 atom stereocenters. The molecule has 172 valence electrons. The summed E-state index contributed by atoms with van der Waals surface area (Å²) in [6, 6.07) is 6.18. The number of aliphatic imine (C=N–C) groups is 1. The number of nitrogens with one attached hydrogen (secondary N) is 2. The molecule has 1 aliphatic rings. The molecular weight excluding hydrogens is 491 g/mol. The number of hydrogen-bond acceptors (Lipinski definition) is 4. The van der Waals surface area contributed by atoms with Gasteiger partial charge in [-0.25, -0.2) is 0 Å². The van der Waals surface area contributed by atoms with Crippen LogP contribution in [0.25, 0.3) is 0 Å². The summed E-state index contributed by atoms with van der Waals surface area (Å²) in [5.74, 6) is 3.36. The van der Waals surface area contributed by atoms with Crippen LogP contribution in [0, 0.1) is 5.92 Å². The number of methoxy groups -OCH3 is 1. The third-order valence-electron chi connectivity index (χ3n) is 5.69. The van der Waals surface area contributed by atoms with Crippen molar-refractivity contribution in [2.75, 3.05) is 53.5 Å². The van der Waals surface area contributed by atoms with Gasteiger partial charge in [0, 0.05) is 20.1 Å². The van der Waals surface area contributed by atoms with Crippen molar-refractivity contribution in [3.8, 4) is 11.5 Å². The number of halogens is 1. The van der Waals surface area contributed by atoms with Gasteiger partial charge in [0.05, 0.1) is 13.7 Å². The zero-order valence-corrected chi connectivity index (χ0v) is 21.5. The van der Waals surface area contributed by atoms with Gasteiger partial charge < -0.3 is 25.0 Å². The van der Waals surface area contributed by atoms with E-state index in [1.807, 2.05) is 20.0 Å². The fraction of sp³-hybridized carbons (Fsp3) is 0.696. The van der Waals surface area contributed by atoms with E-state index < -0.39 is 0 Å². The van der Waals surface area contributed by atoms with E-state index in [2.05, 4.69) is 39.6 Å². The van der Waals surface area contributed by atoms with Gasteiger partial charge in [0.25, 0.3) is 0 Å². The Morgan fingerprint density at radius 2 is 1.87 bits per heavy atom. The first-order chi connectivity index (χ1) is 14.2. The molecule has 0 saturated carbocycles. The second-order valence-electron chi connectivity index (χ2n) is 7.61. The number of piperidine rings is 1. The van der Waals surface area contributed by atoms with Crippen molar-refractivity contribution in [2.24, 2.45) is 10.9 Å². The molecule has 1 fully saturated rings. The van der Waals surface area contributed by atoms with Crippen molar-refractivity contribution in [3.63, 3.8) is 0 Å². The molecule has 0 aliphatic carbocycles. The van der Waals surface area contributed by atoms with Crippen LogP contribution in [0.15, 0.2) is 23.2 Å². The maximum Gasteiger partial charge on any atom is 0.190 e. The summed E-state index contributed by atoms with van der Waals surface area (Å²) < 4.78 is 11.0. The monoisotopic (exact) mass is 532 g/mol. The van der Waals surface area contributed by atoms with Crippen molar-refractivity contribution in [2.45, 2.75) is 46.0 Å². The average molecular weight is 533 g/mol. The van der Waals surface area contributed by atoms with Crippen LogP contribution in [-0.4, -0.2) is 64.3 Å². The van der Waals surface area contributed by atoms with Crippen LogP contribution in [0.5, 0.6) is 11.5 Å². The molecule has 2 rings (SSSR count). The first-order valence-electron chi connectivity index (χ1n) is 11.2. The van der Waals surface area contributed by atoms with Gasteiger partial charge in [-0.05, 0) is 82.3 Å². The molecular formula is C23H41IN4O2. The number of benzene rings is 1. The Hall–Kier alpha value is -1.22. The van der Waals surface area contributed by atoms with Gasteiger partial charge in [-0.1, -0.05) is 13.0 Å². The minimum Gasteiger partial charge on any atom is -0.493 e. The molecule has 0 unspecified atom stereocenters. The third-order valence-corrected chi connectivity index (χ3v) is 5.69. The number of guanidine groups is 1. The minimum atomic E-state index is 0. The van der Waals surface area contributed by atoms with Crippen molar-refractivity contribution in [1.29, 1.82) is 0 Å². The van der Waals surface area contributed by atoms with E-state index in [0.29, 0.717) is 6.61 Å². The average Bonchev–Trinajstić information content (AvgIpc) is 2.76. The highest BCUT2D eigenvalue weighted by Gasteiger charge is 2.17. The van der Waals surface area contributed by atoms with Crippen molar-refractivity contribution < 1.29 is 9.47 Å². The maximum absolute atomic E-state index is 5.66. The number of ether oxygens (including phenoxy) is 2. The van der Waals surface area contributed by atoms with E-state index in [1.54, 1.807) is 7.11 Å². The number of aryl methyl sites for hydroxylation is 1. The molecule has 1 heterocycles. The van der Waals surface area contributed by atoms with Gasteiger partial charge >= 0.3 is 0 Å². The predicted molar refractivity (Wildman–Crippen MR) is 137 cm³/mol. The molecule has 0 spiro atoms. The Kier molecular flexibility index (Phi) is 13.9. The fourth-order valence-corrected chi connectivity index (χ4v) is 3.85. The summed E-state index contributed by atoms with van der Waals surface area (Å²) in [7, 11) is 3.51. The smallest absolute Gasteiger partial charge is 0.190 e. The lowest BCUT2D eigenvalue weighted by Crippen LogP contribution is -2.39. The van der Waals surface area contributed by atoms with Gasteiger partial charge in [0.1, 0.15) is 0 Å². The van der Waals surface area contributed by atoms with E-state index in [0.717, 1.165) is 49.3 Å². The summed E-state index contributed by atoms with van der Waals surface area (Å²) in [5.41, 5.74) is 1.26. The molecule has 0 amide bonds. The molecule has 0 aromatic heterocycles. The minimum absolute atomic E-state index is 0. The van der Waals surface area contributed by atoms with Crippen LogP contribution in [0.3, 0.4) is 0 Å². The van der Waals surface area contributed by atoms with Crippen LogP contribution in [0.2, 0.25) is 0 Å². The molecule has 1 aliphatic heterocycles. The van der Waals surface area contributed by atoms with E-state index in [-0.39, 0.29) is 24.0 Å². The fourth-order valence-electron chi connectivity index (χ4n) is 3.85. The Labute approximate surface area is 200 Å². The number of likely N-dealkylation sites (tertiary alicyclic amines) is 1. The molecule has 6 nitrogen and oxygen atoms in total. The topological polar surface area (TPSA) is 58.1 Å². The molecule has 1 aromatic carbocycles. The van der Waals surface area contributed by atoms with E-state index in [4.69, 9.17) is 9.47 Å². The molecule has 0 bridgehead atoms. The summed E-state index contributed by atoms with van der Waals surface area (Å²) in [6.07, 6.45) is 5.91. The summed E-state index contributed by atoms with van der Waals surface area (Å²) in [4.78, 5) is 6.90. The van der Waals surface area contributed by atoms with Gasteiger partial charge in [0.15, 0.2) is 17.5 Å². The van der Waals surface area contributed by atoms with Crippen LogP contribution in [-0.2, 0) is 6.42 Å². The van der Waals surface area contributed by atoms with Crippen LogP contribution in [0.4, 0.5) is 0 Å². The van der Waals surface area contributed by atoms with Crippen LogP contribution < -0.4 is 20.1 Å². The molecule has 1 saturated heterocycles. The molecule has 30 heavy (non-hydrogen) atoms. The van der Waals surface area contributed by atoms with Crippen LogP contribution in [0.1, 0.15) is 45.1 Å². The van der Waals surface area contributed by atoms with Crippen molar-refractivity contribution >= 4 is 29.9 Å². The maximum atomic E-state index is 5.66. The zero-order valence-electron chi connectivity index (χ0n) is 19.2. The normalized spacial score (nSPS) is 15.4. The van der Waals surface area contributed by atoms with Gasteiger partial charge in [-0.15, -0.1) is 24.0 Å². The molecule has 7 heteroatoms. The number of hydrogen-bond donors (Lipinski definition) is 2. The summed E-state index contributed by atoms with van der Waals surface area (Å²) >= 11 is 0. The lowest BCUT2D eigenvalue weighted by Gasteiger charge is -2.31. The SMILES string of the molecule is CCOc1cc(CCCNC(=NC)NCCC2CCN(CC)CC2)ccc1OC.I. The second-order valence-corrected chi connectivity index (χ2v) is 7.61. The lowest BCUT2D eigenvalue weighted by molar-refractivity contribution is 0.187. The highest BCUT2D eigenvalue weighted by atomic mass is 127. The molecule has 1 aromatic rings. The predicted octanol–water partition coefficient (Wildman–Crippen LogP) is 3.93. The van der Waals surface area contributed by atoms with Gasteiger partial charge in [-0.3, -0.25) is 4.99 Å². The molecule has 0 radical (unpaired) electrons. The number of rotatable bonds is 11. The lowest BCUT2D eigenvalue weighted by atomic mass is 9.93. The van der Waals surface area contributed by atoms with Gasteiger partial charge in [-0.2, -0.15) is 0 Å². The highest BCUT2D eigenvalue weighted by molar-refractivity contribution is 14.0. The largest absolute Gasteiger partial charge is 0.493 e. The number of nitrogens with zero attached hydrogens (tertiary/aromatic N) is 2. The van der Waals surface area contributed by atoms with Crippen molar-refractivity contribution in [3.05, 3.63) is 23.8 Å². The van der Waals surface area contributed by atoms with Gasteiger partial charge in [0.2, 0.25) is 0 Å². The van der Waals surface area contributed by atoms with E-state index >= 15 is 0 Å². The first kappa shape index (κ1) is 26.8. The Balaban J connectivity index is 0.00000450. The standard InChI is InChI=1S/C23H40N4O2.HI/c1-5-27-16-12-19(13-17-27)11-15-26-23(24-3)25-14-7-8-20-9-10-21(28-4)22(18-20)29-6-2;/h9-10,18-19H,5-8,11-17H2,1-4H3,(H2,24,25,26);1H. The van der Waals surface area contributed by atoms with E-state index in [1.165, 1.54) is 44.5 Å². The Morgan fingerprint density at radius 3 is 2.50 bits per heavy atom. The summed E-state index contributed by atoms with van der Waals surface area (Å²) in [6.45, 7) is 10.5. The summed E-state index contributed by atoms with van der Waals surface area (Å²) in [5, 5.41) is 6.90. The first-order valence-corrected chi connectivity index (χ1v) is 11.2. The Bertz CT molecular complexity index is 619. The van der Waals surface area contributed by atoms with Crippen LogP contribution >= 0.6 is 24.0 Å². The van der Waals surface area contributed by atoms with Crippen molar-refractivity contribution in [1.82, 2.24) is 15.5 Å². The third kappa shape index (κ3) is 9.29. The van der Waals surface area contributed by atoms with E-state index in [9.17, 15) is 0 Å². The quantitative estimate of drug-likeness (QED) is 0.196. The molecule has 2 N–H and O–H groups in total. The zero-order chi connectivity index (χ0) is 20.9.